The van der Waals surface area contributed by atoms with Crippen LogP contribution in [0.25, 0.3) is 0 Å². The first-order valence-corrected chi connectivity index (χ1v) is 6.01. The highest BCUT2D eigenvalue weighted by atomic mass is 32.1. The van der Waals surface area contributed by atoms with E-state index < -0.39 is 5.41 Å². The minimum Gasteiger partial charge on any atom is -0.392 e. The average Bonchev–Trinajstić information content (AvgIpc) is 2.70. The fourth-order valence-corrected chi connectivity index (χ4v) is 1.63. The number of hydrogen-bond acceptors (Lipinski definition) is 3. The van der Waals surface area contributed by atoms with E-state index >= 15 is 0 Å². The lowest BCUT2D eigenvalue weighted by Gasteiger charge is -2.22. The predicted octanol–water partition coefficient (Wildman–Crippen LogP) is 0.841. The standard InChI is InChI=1S/C11H20N2O2S/c1-11(2,9(12)16)10(14)13-5-3-8-4-6-15-7-8/h8H,3-7H2,1-2H3,(H2,12,16)(H,13,14). The molecule has 0 spiro atoms. The Morgan fingerprint density at radius 3 is 2.81 bits per heavy atom. The Hall–Kier alpha value is -0.680. The van der Waals surface area contributed by atoms with Crippen molar-refractivity contribution in [3.63, 3.8) is 0 Å². The first-order chi connectivity index (χ1) is 7.44. The van der Waals surface area contributed by atoms with Crippen LogP contribution in [0.1, 0.15) is 26.7 Å². The number of rotatable bonds is 5. The van der Waals surface area contributed by atoms with Crippen LogP contribution in [0.2, 0.25) is 0 Å². The van der Waals surface area contributed by atoms with Gasteiger partial charge in [-0.3, -0.25) is 4.79 Å². The molecule has 1 fully saturated rings. The Balaban J connectivity index is 2.26. The molecule has 1 aliphatic heterocycles. The number of carbonyl (C=O) groups excluding carboxylic acids is 1. The normalized spacial score (nSPS) is 20.8. The van der Waals surface area contributed by atoms with Gasteiger partial charge in [0.25, 0.3) is 0 Å². The molecule has 1 heterocycles. The third-order valence-corrected chi connectivity index (χ3v) is 3.56. The van der Waals surface area contributed by atoms with Crippen molar-refractivity contribution in [2.75, 3.05) is 19.8 Å². The smallest absolute Gasteiger partial charge is 0.232 e. The van der Waals surface area contributed by atoms with Crippen LogP contribution in [0.4, 0.5) is 0 Å². The summed E-state index contributed by atoms with van der Waals surface area (Å²) in [5, 5.41) is 2.87. The van der Waals surface area contributed by atoms with Crippen LogP contribution in [-0.2, 0) is 9.53 Å². The summed E-state index contributed by atoms with van der Waals surface area (Å²) < 4.78 is 5.27. The van der Waals surface area contributed by atoms with E-state index in [0.717, 1.165) is 26.1 Å². The third-order valence-electron chi connectivity index (χ3n) is 3.05. The molecule has 0 aromatic rings. The van der Waals surface area contributed by atoms with Gasteiger partial charge in [0.2, 0.25) is 5.91 Å². The highest BCUT2D eigenvalue weighted by Gasteiger charge is 2.30. The van der Waals surface area contributed by atoms with Gasteiger partial charge < -0.3 is 15.8 Å². The second-order valence-electron chi connectivity index (χ2n) is 4.76. The SMILES string of the molecule is CC(C)(C(=O)NCCC1CCOC1)C(N)=S. The summed E-state index contributed by atoms with van der Waals surface area (Å²) in [6, 6.07) is 0. The first kappa shape index (κ1) is 13.4. The van der Waals surface area contributed by atoms with Crippen LogP contribution in [0.15, 0.2) is 0 Å². The quantitative estimate of drug-likeness (QED) is 0.704. The van der Waals surface area contributed by atoms with Gasteiger partial charge in [0.15, 0.2) is 0 Å². The summed E-state index contributed by atoms with van der Waals surface area (Å²) in [6.07, 6.45) is 2.05. The van der Waals surface area contributed by atoms with Crippen LogP contribution in [0.5, 0.6) is 0 Å². The van der Waals surface area contributed by atoms with Crippen molar-refractivity contribution >= 4 is 23.1 Å². The maximum absolute atomic E-state index is 11.8. The molecule has 0 aliphatic carbocycles. The lowest BCUT2D eigenvalue weighted by molar-refractivity contribution is -0.126. The lowest BCUT2D eigenvalue weighted by Crippen LogP contribution is -2.45. The van der Waals surface area contributed by atoms with Gasteiger partial charge in [0, 0.05) is 19.8 Å². The maximum atomic E-state index is 11.8. The van der Waals surface area contributed by atoms with Gasteiger partial charge >= 0.3 is 0 Å². The van der Waals surface area contributed by atoms with Crippen molar-refractivity contribution < 1.29 is 9.53 Å². The Kier molecular flexibility index (Phi) is 4.68. The van der Waals surface area contributed by atoms with Crippen LogP contribution < -0.4 is 11.1 Å². The molecule has 1 atom stereocenters. The number of nitrogens with two attached hydrogens (primary N) is 1. The van der Waals surface area contributed by atoms with Gasteiger partial charge in [0.05, 0.1) is 10.4 Å². The fraction of sp³-hybridized carbons (Fsp3) is 0.818. The number of ether oxygens (including phenoxy) is 1. The molecule has 1 aliphatic rings. The Labute approximate surface area is 102 Å². The van der Waals surface area contributed by atoms with E-state index in [9.17, 15) is 4.79 Å². The van der Waals surface area contributed by atoms with Crippen LogP contribution in [-0.4, -0.2) is 30.7 Å². The Morgan fingerprint density at radius 2 is 2.31 bits per heavy atom. The van der Waals surface area contributed by atoms with Crippen molar-refractivity contribution in [3.05, 3.63) is 0 Å². The molecule has 3 N–H and O–H groups in total. The monoisotopic (exact) mass is 244 g/mol. The third kappa shape index (κ3) is 3.42. The van der Waals surface area contributed by atoms with E-state index in [1.165, 1.54) is 0 Å². The topological polar surface area (TPSA) is 64.3 Å². The molecule has 0 aromatic heterocycles. The molecule has 1 amide bonds. The van der Waals surface area contributed by atoms with Gasteiger partial charge in [-0.2, -0.15) is 0 Å². The molecule has 0 saturated carbocycles. The van der Waals surface area contributed by atoms with Crippen LogP contribution >= 0.6 is 12.2 Å². The summed E-state index contributed by atoms with van der Waals surface area (Å²) in [6.45, 7) is 5.80. The number of hydrogen-bond donors (Lipinski definition) is 2. The number of amides is 1. The van der Waals surface area contributed by atoms with E-state index in [2.05, 4.69) is 5.32 Å². The Morgan fingerprint density at radius 1 is 1.62 bits per heavy atom. The van der Waals surface area contributed by atoms with E-state index in [0.29, 0.717) is 12.5 Å². The van der Waals surface area contributed by atoms with Crippen molar-refractivity contribution in [1.82, 2.24) is 5.32 Å². The van der Waals surface area contributed by atoms with Gasteiger partial charge in [0.1, 0.15) is 0 Å². The molecule has 16 heavy (non-hydrogen) atoms. The van der Waals surface area contributed by atoms with Crippen LogP contribution in [0.3, 0.4) is 0 Å². The van der Waals surface area contributed by atoms with Crippen molar-refractivity contribution in [1.29, 1.82) is 0 Å². The number of nitrogens with one attached hydrogen (secondary N) is 1. The minimum absolute atomic E-state index is 0.0982. The molecule has 4 nitrogen and oxygen atoms in total. The van der Waals surface area contributed by atoms with Crippen molar-refractivity contribution in [2.24, 2.45) is 17.1 Å². The van der Waals surface area contributed by atoms with E-state index in [1.807, 2.05) is 0 Å². The van der Waals surface area contributed by atoms with Gasteiger partial charge in [-0.05, 0) is 32.6 Å². The second kappa shape index (κ2) is 5.59. The molecular weight excluding hydrogens is 224 g/mol. The molecule has 0 radical (unpaired) electrons. The summed E-state index contributed by atoms with van der Waals surface area (Å²) in [4.78, 5) is 12.0. The molecule has 92 valence electrons. The molecule has 0 aromatic carbocycles. The molecule has 1 rings (SSSR count). The largest absolute Gasteiger partial charge is 0.392 e. The lowest BCUT2D eigenvalue weighted by atomic mass is 9.92. The predicted molar refractivity (Wildman–Crippen MR) is 67.1 cm³/mol. The van der Waals surface area contributed by atoms with Crippen LogP contribution in [0, 0.1) is 11.3 Å². The van der Waals surface area contributed by atoms with E-state index in [4.69, 9.17) is 22.7 Å². The molecule has 1 saturated heterocycles. The molecule has 0 bridgehead atoms. The summed E-state index contributed by atoms with van der Waals surface area (Å²) >= 11 is 4.86. The summed E-state index contributed by atoms with van der Waals surface area (Å²) in [5.74, 6) is 0.479. The maximum Gasteiger partial charge on any atom is 0.232 e. The Bertz CT molecular complexity index is 273. The molecule has 5 heteroatoms. The summed E-state index contributed by atoms with van der Waals surface area (Å²) in [7, 11) is 0. The zero-order valence-electron chi connectivity index (χ0n) is 9.91. The number of thiocarbonyl (C=S) groups is 1. The van der Waals surface area contributed by atoms with Crippen molar-refractivity contribution in [2.45, 2.75) is 26.7 Å². The second-order valence-corrected chi connectivity index (χ2v) is 5.20. The first-order valence-electron chi connectivity index (χ1n) is 5.60. The van der Waals surface area contributed by atoms with Crippen molar-refractivity contribution in [3.8, 4) is 0 Å². The highest BCUT2D eigenvalue weighted by molar-refractivity contribution is 7.80. The highest BCUT2D eigenvalue weighted by Crippen LogP contribution is 2.17. The number of carbonyl (C=O) groups is 1. The van der Waals surface area contributed by atoms with Gasteiger partial charge in [-0.1, -0.05) is 12.2 Å². The zero-order chi connectivity index (χ0) is 12.2. The summed E-state index contributed by atoms with van der Waals surface area (Å²) in [5.41, 5.74) is 4.75. The van der Waals surface area contributed by atoms with Gasteiger partial charge in [-0.15, -0.1) is 0 Å². The van der Waals surface area contributed by atoms with E-state index in [1.54, 1.807) is 13.8 Å². The minimum atomic E-state index is -0.762. The fourth-order valence-electron chi connectivity index (χ4n) is 1.53. The zero-order valence-corrected chi connectivity index (χ0v) is 10.7. The molecule has 1 unspecified atom stereocenters. The van der Waals surface area contributed by atoms with E-state index in [-0.39, 0.29) is 10.9 Å². The van der Waals surface area contributed by atoms with Gasteiger partial charge in [-0.25, -0.2) is 0 Å². The molecular formula is C11H20N2O2S. The average molecular weight is 244 g/mol.